The molecule has 88 heavy (non-hydrogen) atoms. The number of benzene rings is 4. The van der Waals surface area contributed by atoms with Gasteiger partial charge in [-0.1, -0.05) is 85.6 Å². The van der Waals surface area contributed by atoms with Crippen LogP contribution in [-0.4, -0.2) is 181 Å². The van der Waals surface area contributed by atoms with Crippen LogP contribution >= 0.6 is 0 Å². The van der Waals surface area contributed by atoms with Gasteiger partial charge in [-0.25, -0.2) is 9.59 Å². The van der Waals surface area contributed by atoms with Crippen LogP contribution in [-0.2, 0) is 63.9 Å². The Morgan fingerprint density at radius 1 is 0.455 bits per heavy atom. The van der Waals surface area contributed by atoms with Crippen LogP contribution in [0.3, 0.4) is 0 Å². The molecule has 0 saturated carbocycles. The molecule has 4 saturated heterocycles. The minimum Gasteiger partial charge on any atom is -0.496 e. The van der Waals surface area contributed by atoms with Crippen molar-refractivity contribution in [3.63, 3.8) is 0 Å². The zero-order chi connectivity index (χ0) is 61.2. The molecular weight excluding hydrogens is 1120 g/mol. The number of likely N-dealkylation sites (tertiary alicyclic amines) is 4. The van der Waals surface area contributed by atoms with Gasteiger partial charge in [0.1, 0.15) is 11.5 Å². The monoisotopic (exact) mass is 1200 g/mol. The van der Waals surface area contributed by atoms with Gasteiger partial charge in [0.15, 0.2) is 12.5 Å². The third-order valence-electron chi connectivity index (χ3n) is 18.2. The number of methoxy groups -OCH3 is 2. The van der Waals surface area contributed by atoms with E-state index in [2.05, 4.69) is 50.8 Å². The standard InChI is InChI=1S/C68H88N10O10/c1-85-59-23-11-5-17-47(59)25-27-61(79)73-65(57(41-49-43-69-55-21-9-7-19-53(49)55)71-63(81)45-75-37-29-51(30-38-75)77-33-13-3-14-34-77)87-67(83)68(84)88-66(74-62(80)28-26-48-18-6-12-24-60(48)86-2)58(42-50-44-70-56-22-10-8-20-54(50)56)72-64(82)46-76-39-31-52(32-40-76)78-35-15-4-16-36-78/h5-12,17-24,43-44,51-52,57-58,65-66,69-70H,3-4,13-16,25-42,45-46H2,1-2H3,(H,71,81)(H,72,82)(H,73,79)(H,74,80). The second kappa shape index (κ2) is 31.4. The lowest BCUT2D eigenvalue weighted by Gasteiger charge is -2.40. The molecule has 4 unspecified atom stereocenters. The summed E-state index contributed by atoms with van der Waals surface area (Å²) >= 11 is 0. The number of carbonyl (C=O) groups is 6. The first-order valence-electron chi connectivity index (χ1n) is 31.8. The van der Waals surface area contributed by atoms with E-state index in [4.69, 9.17) is 18.9 Å². The second-order valence-corrected chi connectivity index (χ2v) is 24.1. The Labute approximate surface area is 516 Å². The fraction of sp³-hybridized carbons (Fsp3) is 0.500. The highest BCUT2D eigenvalue weighted by molar-refractivity contribution is 6.29. The number of ether oxygens (including phenoxy) is 4. The molecule has 470 valence electrons. The Balaban J connectivity index is 0.921. The van der Waals surface area contributed by atoms with Gasteiger partial charge in [0.2, 0.25) is 23.6 Å². The lowest BCUT2D eigenvalue weighted by molar-refractivity contribution is -0.179. The maximum absolute atomic E-state index is 14.8. The first kappa shape index (κ1) is 63.2. The van der Waals surface area contributed by atoms with E-state index in [1.807, 2.05) is 97.3 Å². The highest BCUT2D eigenvalue weighted by Gasteiger charge is 2.38. The van der Waals surface area contributed by atoms with Crippen molar-refractivity contribution in [2.45, 2.75) is 139 Å². The zero-order valence-electron chi connectivity index (χ0n) is 51.1. The SMILES string of the molecule is COc1ccccc1CCC(=O)NC(OC(=O)C(=O)OC(NC(=O)CCc1ccccc1OC)C(Cc1c[nH]c2ccccc12)NC(=O)CN1CCC(N2CCCCC2)CC1)C(Cc1c[nH]c2ccccc12)NC(=O)CN1CCC(N2CCCCC2)CC1. The van der Waals surface area contributed by atoms with E-state index in [0.717, 1.165) is 122 Å². The van der Waals surface area contributed by atoms with Crippen molar-refractivity contribution in [2.24, 2.45) is 0 Å². The molecular formula is C68H88N10O10. The number of rotatable bonds is 26. The van der Waals surface area contributed by atoms with Crippen molar-refractivity contribution < 1.29 is 47.7 Å². The van der Waals surface area contributed by atoms with Gasteiger partial charge in [0.25, 0.3) is 0 Å². The number of esters is 2. The summed E-state index contributed by atoms with van der Waals surface area (Å²) in [6.07, 6.45) is 11.9. The Hall–Kier alpha value is -7.78. The summed E-state index contributed by atoms with van der Waals surface area (Å²) in [4.78, 5) is 103. The summed E-state index contributed by atoms with van der Waals surface area (Å²) in [7, 11) is 3.11. The van der Waals surface area contributed by atoms with E-state index in [0.29, 0.717) is 23.6 Å². The highest BCUT2D eigenvalue weighted by Crippen LogP contribution is 2.27. The molecule has 20 nitrogen and oxygen atoms in total. The van der Waals surface area contributed by atoms with Crippen molar-refractivity contribution in [2.75, 3.05) is 79.7 Å². The number of piperidine rings is 4. The van der Waals surface area contributed by atoms with Crippen LogP contribution in [0.2, 0.25) is 0 Å². The van der Waals surface area contributed by atoms with Crippen LogP contribution < -0.4 is 30.7 Å². The van der Waals surface area contributed by atoms with Crippen LogP contribution in [0, 0.1) is 0 Å². The topological polar surface area (TPSA) is 232 Å². The number of H-pyrrole nitrogens is 2. The van der Waals surface area contributed by atoms with Crippen molar-refractivity contribution in [3.05, 3.63) is 132 Å². The number of hydrogen-bond acceptors (Lipinski definition) is 14. The number of carbonyl (C=O) groups excluding carboxylic acids is 6. The molecule has 4 aliphatic rings. The summed E-state index contributed by atoms with van der Waals surface area (Å²) in [5, 5.41) is 13.7. The van der Waals surface area contributed by atoms with Gasteiger partial charge in [-0.15, -0.1) is 0 Å². The Kier molecular flexibility index (Phi) is 22.6. The van der Waals surface area contributed by atoms with Crippen molar-refractivity contribution in [3.8, 4) is 11.5 Å². The minimum atomic E-state index is -1.62. The fourth-order valence-electron chi connectivity index (χ4n) is 13.4. The van der Waals surface area contributed by atoms with Crippen LogP contribution in [0.15, 0.2) is 109 Å². The number of nitrogens with zero attached hydrogens (tertiary/aromatic N) is 4. The molecule has 0 spiro atoms. The molecule has 4 aliphatic heterocycles. The number of aryl methyl sites for hydroxylation is 2. The largest absolute Gasteiger partial charge is 0.496 e. The van der Waals surface area contributed by atoms with Crippen LogP contribution in [0.1, 0.15) is 99.3 Å². The minimum absolute atomic E-state index is 0.0560. The van der Waals surface area contributed by atoms with Gasteiger partial charge in [-0.05, 0) is 137 Å². The first-order chi connectivity index (χ1) is 43.0. The molecule has 0 aliphatic carbocycles. The predicted octanol–water partition coefficient (Wildman–Crippen LogP) is 6.56. The number of fused-ring (bicyclic) bond motifs is 2. The summed E-state index contributed by atoms with van der Waals surface area (Å²) < 4.78 is 23.5. The number of para-hydroxylation sites is 4. The molecule has 6 heterocycles. The van der Waals surface area contributed by atoms with Gasteiger partial charge in [0, 0.05) is 98.1 Å². The zero-order valence-corrected chi connectivity index (χ0v) is 51.1. The fourth-order valence-corrected chi connectivity index (χ4v) is 13.4. The van der Waals surface area contributed by atoms with Crippen LogP contribution in [0.5, 0.6) is 11.5 Å². The average molecular weight is 1210 g/mol. The molecule has 4 atom stereocenters. The summed E-state index contributed by atoms with van der Waals surface area (Å²) in [5.41, 5.74) is 4.72. The number of nitrogens with one attached hydrogen (secondary N) is 6. The second-order valence-electron chi connectivity index (χ2n) is 24.1. The third-order valence-corrected chi connectivity index (χ3v) is 18.2. The number of aromatic nitrogens is 2. The van der Waals surface area contributed by atoms with E-state index >= 15 is 0 Å². The van der Waals surface area contributed by atoms with E-state index in [1.54, 1.807) is 26.4 Å². The van der Waals surface area contributed by atoms with Gasteiger partial charge in [-0.3, -0.25) is 29.0 Å². The van der Waals surface area contributed by atoms with Crippen LogP contribution in [0.4, 0.5) is 0 Å². The summed E-state index contributed by atoms with van der Waals surface area (Å²) in [5.74, 6) is -3.60. The lowest BCUT2D eigenvalue weighted by atomic mass is 10.00. The highest BCUT2D eigenvalue weighted by atomic mass is 16.6. The molecule has 2 aromatic heterocycles. The van der Waals surface area contributed by atoms with Crippen molar-refractivity contribution in [1.29, 1.82) is 0 Å². The van der Waals surface area contributed by atoms with E-state index in [-0.39, 0.29) is 63.4 Å². The molecule has 6 N–H and O–H groups in total. The van der Waals surface area contributed by atoms with Gasteiger partial charge < -0.3 is 60.0 Å². The predicted molar refractivity (Wildman–Crippen MR) is 336 cm³/mol. The van der Waals surface area contributed by atoms with Crippen molar-refractivity contribution >= 4 is 57.4 Å². The van der Waals surface area contributed by atoms with Gasteiger partial charge >= 0.3 is 11.9 Å². The number of aromatic amines is 2. The molecule has 20 heteroatoms. The molecule has 4 aromatic carbocycles. The molecule has 10 rings (SSSR count). The smallest absolute Gasteiger partial charge is 0.419 e. The maximum atomic E-state index is 14.8. The van der Waals surface area contributed by atoms with E-state index in [1.165, 1.54) is 38.5 Å². The third kappa shape index (κ3) is 17.3. The van der Waals surface area contributed by atoms with Crippen LogP contribution in [0.25, 0.3) is 21.8 Å². The van der Waals surface area contributed by atoms with E-state index < -0.39 is 48.3 Å². The Morgan fingerprint density at radius 3 is 1.23 bits per heavy atom. The van der Waals surface area contributed by atoms with Gasteiger partial charge in [-0.2, -0.15) is 0 Å². The average Bonchev–Trinajstić information content (AvgIpc) is 4.32. The summed E-state index contributed by atoms with van der Waals surface area (Å²) in [6, 6.07) is 28.7. The number of amides is 4. The molecule has 6 aromatic rings. The first-order valence-corrected chi connectivity index (χ1v) is 31.8. The van der Waals surface area contributed by atoms with Crippen molar-refractivity contribution in [1.82, 2.24) is 50.8 Å². The van der Waals surface area contributed by atoms with Gasteiger partial charge in [0.05, 0.1) is 39.4 Å². The molecule has 4 fully saturated rings. The number of hydrogen-bond donors (Lipinski definition) is 6. The molecule has 0 bridgehead atoms. The summed E-state index contributed by atoms with van der Waals surface area (Å²) in [6.45, 7) is 7.40. The quantitative estimate of drug-likeness (QED) is 0.0192. The van der Waals surface area contributed by atoms with E-state index in [9.17, 15) is 28.8 Å². The molecule has 4 amide bonds. The lowest BCUT2D eigenvalue weighted by Crippen LogP contribution is -2.58. The normalized spacial score (nSPS) is 18.2. The molecule has 0 radical (unpaired) electrons. The Bertz CT molecular complexity index is 3070. The maximum Gasteiger partial charge on any atom is 0.419 e. The Morgan fingerprint density at radius 2 is 0.830 bits per heavy atom.